The molecule has 1 saturated heterocycles. The molecule has 4 heteroatoms. The summed E-state index contributed by atoms with van der Waals surface area (Å²) in [6.07, 6.45) is 8.60. The van der Waals surface area contributed by atoms with Gasteiger partial charge in [0.25, 0.3) is 0 Å². The van der Waals surface area contributed by atoms with Gasteiger partial charge >= 0.3 is 0 Å². The van der Waals surface area contributed by atoms with E-state index in [9.17, 15) is 0 Å². The normalized spacial score (nSPS) is 21.3. The molecule has 0 aliphatic carbocycles. The minimum absolute atomic E-state index is 0.616. The second kappa shape index (κ2) is 6.90. The first-order chi connectivity index (χ1) is 8.83. The van der Waals surface area contributed by atoms with Gasteiger partial charge in [-0.2, -0.15) is 0 Å². The number of oxazole rings is 1. The Labute approximate surface area is 110 Å². The van der Waals surface area contributed by atoms with Crippen LogP contribution in [0, 0.1) is 0 Å². The lowest BCUT2D eigenvalue weighted by molar-refractivity contribution is 0.149. The first-order valence-electron chi connectivity index (χ1n) is 7.21. The first kappa shape index (κ1) is 13.6. The van der Waals surface area contributed by atoms with Crippen molar-refractivity contribution >= 4 is 0 Å². The molecule has 1 atom stereocenters. The molecular formula is C14H25N3O. The van der Waals surface area contributed by atoms with Crippen LogP contribution >= 0.6 is 0 Å². The van der Waals surface area contributed by atoms with Crippen LogP contribution in [0.15, 0.2) is 10.7 Å². The molecule has 2 heterocycles. The van der Waals surface area contributed by atoms with Gasteiger partial charge < -0.3 is 15.1 Å². The van der Waals surface area contributed by atoms with E-state index in [1.165, 1.54) is 25.8 Å². The van der Waals surface area contributed by atoms with Gasteiger partial charge in [-0.15, -0.1) is 0 Å². The molecule has 0 radical (unpaired) electrons. The first-order valence-corrected chi connectivity index (χ1v) is 7.21. The van der Waals surface area contributed by atoms with Crippen LogP contribution in [-0.4, -0.2) is 35.6 Å². The Morgan fingerprint density at radius 3 is 3.17 bits per heavy atom. The third-order valence-corrected chi connectivity index (χ3v) is 3.80. The van der Waals surface area contributed by atoms with Gasteiger partial charge in [0.15, 0.2) is 5.89 Å². The predicted octanol–water partition coefficient (Wildman–Crippen LogP) is 1.98. The molecule has 1 aliphatic heterocycles. The number of aromatic nitrogens is 1. The minimum atomic E-state index is 0.616. The van der Waals surface area contributed by atoms with E-state index in [1.54, 1.807) is 6.26 Å². The average molecular weight is 251 g/mol. The van der Waals surface area contributed by atoms with Crippen LogP contribution in [0.1, 0.15) is 44.2 Å². The molecule has 0 amide bonds. The predicted molar refractivity (Wildman–Crippen MR) is 72.5 cm³/mol. The van der Waals surface area contributed by atoms with Gasteiger partial charge in [0.1, 0.15) is 6.26 Å². The second-order valence-electron chi connectivity index (χ2n) is 5.11. The number of aryl methyl sites for hydroxylation is 1. The Balaban J connectivity index is 1.89. The number of likely N-dealkylation sites (N-methyl/N-ethyl adjacent to an activating group) is 1. The molecule has 0 saturated carbocycles. The van der Waals surface area contributed by atoms with Crippen LogP contribution in [0.4, 0.5) is 0 Å². The van der Waals surface area contributed by atoms with Gasteiger partial charge in [0.05, 0.1) is 5.69 Å². The molecule has 1 aliphatic rings. The summed E-state index contributed by atoms with van der Waals surface area (Å²) in [6, 6.07) is 0.616. The molecule has 1 aromatic heterocycles. The van der Waals surface area contributed by atoms with Crippen LogP contribution < -0.4 is 5.73 Å². The van der Waals surface area contributed by atoms with Gasteiger partial charge in [-0.1, -0.05) is 13.3 Å². The summed E-state index contributed by atoms with van der Waals surface area (Å²) in [6.45, 7) is 5.31. The van der Waals surface area contributed by atoms with Crippen molar-refractivity contribution in [1.82, 2.24) is 9.88 Å². The highest BCUT2D eigenvalue weighted by atomic mass is 16.3. The van der Waals surface area contributed by atoms with Gasteiger partial charge in [-0.05, 0) is 45.3 Å². The standard InChI is InChI=1S/C14H25N3O/c1-2-17-9-4-3-7-13(17)10-14-16-12(11-18-14)6-5-8-15/h11,13H,2-10,15H2,1H3. The minimum Gasteiger partial charge on any atom is -0.449 e. The zero-order valence-electron chi connectivity index (χ0n) is 11.4. The summed E-state index contributed by atoms with van der Waals surface area (Å²) in [5.74, 6) is 0.896. The Morgan fingerprint density at radius 2 is 2.39 bits per heavy atom. The van der Waals surface area contributed by atoms with Crippen molar-refractivity contribution < 1.29 is 4.42 Å². The van der Waals surface area contributed by atoms with E-state index >= 15 is 0 Å². The highest BCUT2D eigenvalue weighted by Gasteiger charge is 2.22. The van der Waals surface area contributed by atoms with Crippen molar-refractivity contribution in [2.75, 3.05) is 19.6 Å². The van der Waals surface area contributed by atoms with Gasteiger partial charge in [0, 0.05) is 12.5 Å². The van der Waals surface area contributed by atoms with Crippen LogP contribution in [0.3, 0.4) is 0 Å². The Kier molecular flexibility index (Phi) is 5.20. The van der Waals surface area contributed by atoms with E-state index in [1.807, 2.05) is 0 Å². The van der Waals surface area contributed by atoms with Gasteiger partial charge in [-0.25, -0.2) is 4.98 Å². The van der Waals surface area contributed by atoms with E-state index in [4.69, 9.17) is 10.2 Å². The molecule has 0 aromatic carbocycles. The topological polar surface area (TPSA) is 55.3 Å². The maximum absolute atomic E-state index is 5.58. The molecule has 0 bridgehead atoms. The lowest BCUT2D eigenvalue weighted by Gasteiger charge is -2.34. The van der Waals surface area contributed by atoms with E-state index in [0.29, 0.717) is 12.6 Å². The lowest BCUT2D eigenvalue weighted by Crippen LogP contribution is -2.40. The number of hydrogen-bond donors (Lipinski definition) is 1. The third kappa shape index (κ3) is 3.56. The zero-order chi connectivity index (χ0) is 12.8. The summed E-state index contributed by atoms with van der Waals surface area (Å²) in [5, 5.41) is 0. The van der Waals surface area contributed by atoms with Crippen molar-refractivity contribution in [1.29, 1.82) is 0 Å². The molecule has 2 N–H and O–H groups in total. The monoisotopic (exact) mass is 251 g/mol. The van der Waals surface area contributed by atoms with E-state index in [0.717, 1.165) is 37.4 Å². The highest BCUT2D eigenvalue weighted by Crippen LogP contribution is 2.20. The van der Waals surface area contributed by atoms with Crippen LogP contribution in [-0.2, 0) is 12.8 Å². The summed E-state index contributed by atoms with van der Waals surface area (Å²) in [4.78, 5) is 7.11. The smallest absolute Gasteiger partial charge is 0.195 e. The summed E-state index contributed by atoms with van der Waals surface area (Å²) in [7, 11) is 0. The molecule has 102 valence electrons. The fourth-order valence-corrected chi connectivity index (χ4v) is 2.75. The highest BCUT2D eigenvalue weighted by molar-refractivity contribution is 4.99. The summed E-state index contributed by atoms with van der Waals surface area (Å²) >= 11 is 0. The molecule has 1 aromatic rings. The van der Waals surface area contributed by atoms with Crippen molar-refractivity contribution in [3.05, 3.63) is 17.8 Å². The Hall–Kier alpha value is -0.870. The number of rotatable bonds is 6. The zero-order valence-corrected chi connectivity index (χ0v) is 11.4. The maximum Gasteiger partial charge on any atom is 0.195 e. The van der Waals surface area contributed by atoms with Crippen LogP contribution in [0.2, 0.25) is 0 Å². The lowest BCUT2D eigenvalue weighted by atomic mass is 9.99. The van der Waals surface area contributed by atoms with Crippen molar-refractivity contribution in [2.24, 2.45) is 5.73 Å². The van der Waals surface area contributed by atoms with E-state index in [2.05, 4.69) is 16.8 Å². The van der Waals surface area contributed by atoms with Gasteiger partial charge in [-0.3, -0.25) is 0 Å². The number of piperidine rings is 1. The fraction of sp³-hybridized carbons (Fsp3) is 0.786. The fourth-order valence-electron chi connectivity index (χ4n) is 2.75. The quantitative estimate of drug-likeness (QED) is 0.840. The third-order valence-electron chi connectivity index (χ3n) is 3.80. The van der Waals surface area contributed by atoms with Crippen molar-refractivity contribution in [3.8, 4) is 0 Å². The van der Waals surface area contributed by atoms with Crippen molar-refractivity contribution in [3.63, 3.8) is 0 Å². The van der Waals surface area contributed by atoms with Crippen LogP contribution in [0.5, 0.6) is 0 Å². The molecule has 1 unspecified atom stereocenters. The largest absolute Gasteiger partial charge is 0.449 e. The molecule has 18 heavy (non-hydrogen) atoms. The molecule has 4 nitrogen and oxygen atoms in total. The second-order valence-corrected chi connectivity index (χ2v) is 5.11. The Morgan fingerprint density at radius 1 is 1.50 bits per heavy atom. The van der Waals surface area contributed by atoms with Gasteiger partial charge in [0.2, 0.25) is 0 Å². The molecule has 2 rings (SSSR count). The van der Waals surface area contributed by atoms with Crippen molar-refractivity contribution in [2.45, 2.75) is 51.5 Å². The van der Waals surface area contributed by atoms with E-state index in [-0.39, 0.29) is 0 Å². The maximum atomic E-state index is 5.58. The number of nitrogens with two attached hydrogens (primary N) is 1. The number of likely N-dealkylation sites (tertiary alicyclic amines) is 1. The average Bonchev–Trinajstić information content (AvgIpc) is 2.84. The Bertz CT molecular complexity index is 351. The molecule has 1 fully saturated rings. The van der Waals surface area contributed by atoms with Crippen LogP contribution in [0.25, 0.3) is 0 Å². The summed E-state index contributed by atoms with van der Waals surface area (Å²) < 4.78 is 5.58. The molecular weight excluding hydrogens is 226 g/mol. The van der Waals surface area contributed by atoms with E-state index < -0.39 is 0 Å². The number of hydrogen-bond acceptors (Lipinski definition) is 4. The molecule has 0 spiro atoms. The summed E-state index contributed by atoms with van der Waals surface area (Å²) in [5.41, 5.74) is 6.55. The number of nitrogens with zero attached hydrogens (tertiary/aromatic N) is 2. The SMILES string of the molecule is CCN1CCCCC1Cc1nc(CCCN)co1.